The molecule has 0 radical (unpaired) electrons. The lowest BCUT2D eigenvalue weighted by Crippen LogP contribution is -2.38. The van der Waals surface area contributed by atoms with Crippen LogP contribution >= 0.6 is 11.6 Å². The molecule has 0 aliphatic heterocycles. The number of halogens is 1. The van der Waals surface area contributed by atoms with Gasteiger partial charge in [0, 0.05) is 14.2 Å². The molecule has 96 valence electrons. The number of ether oxygens (including phenoxy) is 3. The van der Waals surface area contributed by atoms with Gasteiger partial charge in [-0.2, -0.15) is 0 Å². The first kappa shape index (κ1) is 14.2. The second kappa shape index (κ2) is 6.78. The third kappa shape index (κ3) is 3.31. The highest BCUT2D eigenvalue weighted by Gasteiger charge is 2.22. The second-order valence-electron chi connectivity index (χ2n) is 3.38. The fourth-order valence-corrected chi connectivity index (χ4v) is 1.76. The second-order valence-corrected chi connectivity index (χ2v) is 3.79. The Bertz CT molecular complexity index is 359. The van der Waals surface area contributed by atoms with Crippen molar-refractivity contribution in [3.63, 3.8) is 0 Å². The topological polar surface area (TPSA) is 65.7 Å². The zero-order chi connectivity index (χ0) is 12.8. The molecule has 0 saturated heterocycles. The van der Waals surface area contributed by atoms with Crippen molar-refractivity contribution in [2.45, 2.75) is 12.3 Å². The third-order valence-electron chi connectivity index (χ3n) is 2.45. The van der Waals surface area contributed by atoms with Crippen molar-refractivity contribution >= 4 is 11.6 Å². The summed E-state index contributed by atoms with van der Waals surface area (Å²) < 4.78 is 15.5. The van der Waals surface area contributed by atoms with Crippen molar-refractivity contribution in [3.05, 3.63) is 28.8 Å². The fraction of sp³-hybridized carbons (Fsp3) is 0.455. The van der Waals surface area contributed by atoms with Crippen LogP contribution in [0, 0.1) is 0 Å². The average molecular weight is 261 g/mol. The van der Waals surface area contributed by atoms with E-state index in [9.17, 15) is 0 Å². The minimum Gasteiger partial charge on any atom is -0.495 e. The third-order valence-corrected chi connectivity index (χ3v) is 2.76. The Labute approximate surface area is 106 Å². The van der Waals surface area contributed by atoms with Crippen molar-refractivity contribution in [2.24, 2.45) is 5.84 Å². The summed E-state index contributed by atoms with van der Waals surface area (Å²) in [6, 6.07) is 5.05. The fourth-order valence-electron chi connectivity index (χ4n) is 1.57. The molecule has 17 heavy (non-hydrogen) atoms. The van der Waals surface area contributed by atoms with Crippen LogP contribution in [0.3, 0.4) is 0 Å². The van der Waals surface area contributed by atoms with Gasteiger partial charge >= 0.3 is 0 Å². The van der Waals surface area contributed by atoms with E-state index in [1.54, 1.807) is 33.5 Å². The summed E-state index contributed by atoms with van der Waals surface area (Å²) in [6.45, 7) is 0. The summed E-state index contributed by atoms with van der Waals surface area (Å²) in [5, 5.41) is 0.540. The van der Waals surface area contributed by atoms with E-state index >= 15 is 0 Å². The predicted molar refractivity (Wildman–Crippen MR) is 65.9 cm³/mol. The van der Waals surface area contributed by atoms with Gasteiger partial charge in [-0.1, -0.05) is 17.7 Å². The molecule has 0 aromatic heterocycles. The summed E-state index contributed by atoms with van der Waals surface area (Å²) >= 11 is 5.95. The molecule has 0 bridgehead atoms. The van der Waals surface area contributed by atoms with E-state index in [2.05, 4.69) is 5.43 Å². The number of rotatable bonds is 6. The van der Waals surface area contributed by atoms with Crippen molar-refractivity contribution in [3.8, 4) is 5.75 Å². The minimum absolute atomic E-state index is 0.309. The molecule has 0 aliphatic rings. The van der Waals surface area contributed by atoms with Gasteiger partial charge in [-0.05, 0) is 17.7 Å². The van der Waals surface area contributed by atoms with E-state index in [1.807, 2.05) is 6.07 Å². The molecular formula is C11H17ClN2O3. The molecule has 1 rings (SSSR count). The number of methoxy groups -OCH3 is 3. The molecule has 1 atom stereocenters. The number of nitrogens with two attached hydrogens (primary N) is 1. The Morgan fingerprint density at radius 2 is 1.88 bits per heavy atom. The van der Waals surface area contributed by atoms with Gasteiger partial charge in [0.15, 0.2) is 6.29 Å². The highest BCUT2D eigenvalue weighted by atomic mass is 35.5. The quantitative estimate of drug-likeness (QED) is 0.461. The van der Waals surface area contributed by atoms with E-state index in [0.717, 1.165) is 5.56 Å². The summed E-state index contributed by atoms with van der Waals surface area (Å²) in [5.41, 5.74) is 3.51. The summed E-state index contributed by atoms with van der Waals surface area (Å²) in [6.07, 6.45) is -0.495. The lowest BCUT2D eigenvalue weighted by molar-refractivity contribution is -0.124. The molecule has 5 nitrogen and oxygen atoms in total. The molecule has 0 spiro atoms. The van der Waals surface area contributed by atoms with Gasteiger partial charge in [0.05, 0.1) is 18.2 Å². The number of nitrogens with one attached hydrogen (secondary N) is 1. The first-order valence-corrected chi connectivity index (χ1v) is 5.40. The van der Waals surface area contributed by atoms with Gasteiger partial charge in [0.1, 0.15) is 5.75 Å². The van der Waals surface area contributed by atoms with Gasteiger partial charge in [-0.25, -0.2) is 5.43 Å². The molecule has 0 aliphatic carbocycles. The Hall–Kier alpha value is -0.850. The molecule has 1 aromatic carbocycles. The number of hydrazine groups is 1. The van der Waals surface area contributed by atoms with Crippen LogP contribution in [0.15, 0.2) is 18.2 Å². The predicted octanol–water partition coefficient (Wildman–Crippen LogP) is 1.47. The van der Waals surface area contributed by atoms with E-state index in [1.165, 1.54) is 0 Å². The molecule has 0 heterocycles. The van der Waals surface area contributed by atoms with Crippen LogP contribution < -0.4 is 16.0 Å². The molecule has 0 fully saturated rings. The first-order valence-electron chi connectivity index (χ1n) is 5.03. The molecule has 0 amide bonds. The van der Waals surface area contributed by atoms with E-state index in [-0.39, 0.29) is 6.04 Å². The SMILES string of the molecule is COc1cc(C(NN)C(OC)OC)ccc1Cl. The number of hydrogen-bond donors (Lipinski definition) is 2. The zero-order valence-electron chi connectivity index (χ0n) is 10.1. The van der Waals surface area contributed by atoms with Crippen molar-refractivity contribution in [2.75, 3.05) is 21.3 Å². The lowest BCUT2D eigenvalue weighted by atomic mass is 10.1. The zero-order valence-corrected chi connectivity index (χ0v) is 10.8. The van der Waals surface area contributed by atoms with Crippen LogP contribution in [-0.4, -0.2) is 27.6 Å². The Balaban J connectivity index is 3.03. The summed E-state index contributed by atoms with van der Waals surface area (Å²) in [7, 11) is 4.65. The Morgan fingerprint density at radius 3 is 2.35 bits per heavy atom. The molecule has 0 saturated carbocycles. The van der Waals surface area contributed by atoms with Gasteiger partial charge < -0.3 is 14.2 Å². The highest BCUT2D eigenvalue weighted by Crippen LogP contribution is 2.29. The van der Waals surface area contributed by atoms with Crippen LogP contribution in [0.1, 0.15) is 11.6 Å². The van der Waals surface area contributed by atoms with Gasteiger partial charge in [0.2, 0.25) is 0 Å². The van der Waals surface area contributed by atoms with Gasteiger partial charge in [-0.15, -0.1) is 0 Å². The molecule has 1 unspecified atom stereocenters. The standard InChI is InChI=1S/C11H17ClN2O3/c1-15-9-6-7(4-5-8(9)12)10(14-13)11(16-2)17-3/h4-6,10-11,14H,13H2,1-3H3. The van der Waals surface area contributed by atoms with Gasteiger partial charge in [-0.3, -0.25) is 5.84 Å². The van der Waals surface area contributed by atoms with Crippen molar-refractivity contribution < 1.29 is 14.2 Å². The normalized spacial score (nSPS) is 12.8. The Morgan fingerprint density at radius 1 is 1.24 bits per heavy atom. The van der Waals surface area contributed by atoms with Crippen LogP contribution in [-0.2, 0) is 9.47 Å². The summed E-state index contributed by atoms with van der Waals surface area (Å²) in [5.74, 6) is 6.08. The van der Waals surface area contributed by atoms with Crippen molar-refractivity contribution in [1.29, 1.82) is 0 Å². The maximum Gasteiger partial charge on any atom is 0.177 e. The highest BCUT2D eigenvalue weighted by molar-refractivity contribution is 6.32. The van der Waals surface area contributed by atoms with E-state index in [0.29, 0.717) is 10.8 Å². The minimum atomic E-state index is -0.495. The van der Waals surface area contributed by atoms with Crippen LogP contribution in [0.2, 0.25) is 5.02 Å². The lowest BCUT2D eigenvalue weighted by Gasteiger charge is -2.24. The van der Waals surface area contributed by atoms with Crippen LogP contribution in [0.4, 0.5) is 0 Å². The number of hydrogen-bond acceptors (Lipinski definition) is 5. The molecule has 6 heteroatoms. The van der Waals surface area contributed by atoms with Crippen molar-refractivity contribution in [1.82, 2.24) is 5.43 Å². The number of benzene rings is 1. The van der Waals surface area contributed by atoms with E-state index < -0.39 is 6.29 Å². The first-order chi connectivity index (χ1) is 8.17. The maximum atomic E-state index is 5.95. The molecule has 3 N–H and O–H groups in total. The van der Waals surface area contributed by atoms with Crippen LogP contribution in [0.25, 0.3) is 0 Å². The van der Waals surface area contributed by atoms with E-state index in [4.69, 9.17) is 31.7 Å². The van der Waals surface area contributed by atoms with Crippen LogP contribution in [0.5, 0.6) is 5.75 Å². The van der Waals surface area contributed by atoms with Gasteiger partial charge in [0.25, 0.3) is 0 Å². The Kier molecular flexibility index (Phi) is 5.67. The molecule has 1 aromatic rings. The monoisotopic (exact) mass is 260 g/mol. The largest absolute Gasteiger partial charge is 0.495 e. The smallest absolute Gasteiger partial charge is 0.177 e. The average Bonchev–Trinajstić information content (AvgIpc) is 2.36. The molecular weight excluding hydrogens is 244 g/mol. The maximum absolute atomic E-state index is 5.95. The summed E-state index contributed by atoms with van der Waals surface area (Å²) in [4.78, 5) is 0.